The zero-order valence-electron chi connectivity index (χ0n) is 15.9. The topological polar surface area (TPSA) is 51.2 Å². The second-order valence-corrected chi connectivity index (χ2v) is 7.75. The van der Waals surface area contributed by atoms with Crippen LogP contribution in [-0.2, 0) is 19.6 Å². The molecule has 1 amide bonds. The van der Waals surface area contributed by atoms with E-state index in [1.165, 1.54) is 9.75 Å². The number of thiophene rings is 1. The summed E-state index contributed by atoms with van der Waals surface area (Å²) in [7, 11) is 0. The summed E-state index contributed by atoms with van der Waals surface area (Å²) in [5.74, 6) is 0.757. The van der Waals surface area contributed by atoms with Crippen LogP contribution in [0.4, 0.5) is 0 Å². The molecule has 1 N–H and O–H groups in total. The molecule has 2 aromatic heterocycles. The van der Waals surface area contributed by atoms with Gasteiger partial charge in [-0.05, 0) is 61.7 Å². The Morgan fingerprint density at radius 1 is 1.15 bits per heavy atom. The summed E-state index contributed by atoms with van der Waals surface area (Å²) in [4.78, 5) is 19.1. The molecule has 0 saturated heterocycles. The summed E-state index contributed by atoms with van der Waals surface area (Å²) >= 11 is 1.74. The minimum Gasteiger partial charge on any atom is -0.488 e. The lowest BCUT2D eigenvalue weighted by molar-refractivity contribution is 0.0951. The van der Waals surface area contributed by atoms with Crippen molar-refractivity contribution in [1.82, 2.24) is 10.3 Å². The summed E-state index contributed by atoms with van der Waals surface area (Å²) in [5.41, 5.74) is 3.58. The van der Waals surface area contributed by atoms with Crippen molar-refractivity contribution in [2.24, 2.45) is 0 Å². The molecular formula is C22H24N2O2S. The van der Waals surface area contributed by atoms with Crippen molar-refractivity contribution in [3.05, 3.63) is 80.8 Å². The number of rotatable bonds is 7. The van der Waals surface area contributed by atoms with Gasteiger partial charge in [0.25, 0.3) is 5.91 Å². The average molecular weight is 381 g/mol. The Morgan fingerprint density at radius 2 is 1.89 bits per heavy atom. The molecular weight excluding hydrogens is 356 g/mol. The van der Waals surface area contributed by atoms with Crippen LogP contribution in [0.15, 0.2) is 48.8 Å². The molecule has 0 fully saturated rings. The Morgan fingerprint density at radius 3 is 2.52 bits per heavy atom. The van der Waals surface area contributed by atoms with Gasteiger partial charge in [-0.25, -0.2) is 0 Å². The lowest BCUT2D eigenvalue weighted by atomic mass is 10.0. The average Bonchev–Trinajstić information content (AvgIpc) is 3.14. The van der Waals surface area contributed by atoms with Gasteiger partial charge in [-0.3, -0.25) is 9.78 Å². The smallest absolute Gasteiger partial charge is 0.251 e. The summed E-state index contributed by atoms with van der Waals surface area (Å²) in [6, 6.07) is 11.8. The molecule has 0 spiro atoms. The van der Waals surface area contributed by atoms with Gasteiger partial charge in [0.05, 0.1) is 6.54 Å². The molecule has 1 aromatic carbocycles. The molecule has 0 aliphatic carbocycles. The van der Waals surface area contributed by atoms with E-state index in [9.17, 15) is 4.79 Å². The summed E-state index contributed by atoms with van der Waals surface area (Å²) in [6.07, 6.45) is 4.56. The van der Waals surface area contributed by atoms with Crippen LogP contribution < -0.4 is 10.1 Å². The number of ether oxygens (including phenoxy) is 1. The minimum absolute atomic E-state index is 0.0635. The molecule has 0 atom stereocenters. The third kappa shape index (κ3) is 4.95. The van der Waals surface area contributed by atoms with Crippen molar-refractivity contribution >= 4 is 17.2 Å². The molecule has 3 aromatic rings. The summed E-state index contributed by atoms with van der Waals surface area (Å²) in [5, 5.41) is 3.01. The number of aryl methyl sites for hydroxylation is 3. The van der Waals surface area contributed by atoms with Gasteiger partial charge in [-0.2, -0.15) is 0 Å². The fourth-order valence-electron chi connectivity index (χ4n) is 2.92. The van der Waals surface area contributed by atoms with Crippen LogP contribution in [0.25, 0.3) is 0 Å². The number of nitrogens with one attached hydrogen (secondary N) is 1. The first-order chi connectivity index (χ1) is 13.1. The number of carbonyl (C=O) groups is 1. The largest absolute Gasteiger partial charge is 0.488 e. The fourth-order valence-corrected chi connectivity index (χ4v) is 3.82. The van der Waals surface area contributed by atoms with E-state index in [-0.39, 0.29) is 5.91 Å². The van der Waals surface area contributed by atoms with Gasteiger partial charge in [0.2, 0.25) is 0 Å². The fraction of sp³-hybridized carbons (Fsp3) is 0.273. The monoisotopic (exact) mass is 380 g/mol. The number of aromatic nitrogens is 1. The molecule has 0 radical (unpaired) electrons. The van der Waals surface area contributed by atoms with Crippen molar-refractivity contribution in [3.8, 4) is 5.75 Å². The highest BCUT2D eigenvalue weighted by Crippen LogP contribution is 2.26. The molecule has 140 valence electrons. The van der Waals surface area contributed by atoms with Crippen LogP contribution in [0, 0.1) is 13.8 Å². The zero-order chi connectivity index (χ0) is 19.2. The Kier molecular flexibility index (Phi) is 6.24. The van der Waals surface area contributed by atoms with Crippen molar-refractivity contribution < 1.29 is 9.53 Å². The second kappa shape index (κ2) is 8.82. The quantitative estimate of drug-likeness (QED) is 0.639. The molecule has 27 heavy (non-hydrogen) atoms. The van der Waals surface area contributed by atoms with E-state index in [0.717, 1.165) is 28.9 Å². The molecule has 0 saturated carbocycles. The summed E-state index contributed by atoms with van der Waals surface area (Å²) in [6.45, 7) is 7.09. The van der Waals surface area contributed by atoms with E-state index in [4.69, 9.17) is 4.74 Å². The first-order valence-electron chi connectivity index (χ1n) is 9.05. The van der Waals surface area contributed by atoms with Crippen LogP contribution >= 0.6 is 11.3 Å². The van der Waals surface area contributed by atoms with E-state index < -0.39 is 0 Å². The highest BCUT2D eigenvalue weighted by molar-refractivity contribution is 7.11. The zero-order valence-corrected chi connectivity index (χ0v) is 16.7. The van der Waals surface area contributed by atoms with Crippen LogP contribution in [0.1, 0.15) is 43.7 Å². The lowest BCUT2D eigenvalue weighted by Gasteiger charge is -2.14. The van der Waals surface area contributed by atoms with Crippen molar-refractivity contribution in [3.63, 3.8) is 0 Å². The molecule has 4 nitrogen and oxygen atoms in total. The van der Waals surface area contributed by atoms with Crippen LogP contribution in [0.3, 0.4) is 0 Å². The van der Waals surface area contributed by atoms with Gasteiger partial charge in [-0.1, -0.05) is 13.0 Å². The molecule has 0 bridgehead atoms. The van der Waals surface area contributed by atoms with Gasteiger partial charge in [-0.15, -0.1) is 11.3 Å². The van der Waals surface area contributed by atoms with Gasteiger partial charge in [0.15, 0.2) is 0 Å². The number of carbonyl (C=O) groups excluding carboxylic acids is 1. The number of benzene rings is 1. The predicted octanol–water partition coefficient (Wildman–Crippen LogP) is 4.83. The third-order valence-corrected chi connectivity index (χ3v) is 5.55. The minimum atomic E-state index is -0.0635. The van der Waals surface area contributed by atoms with Gasteiger partial charge < -0.3 is 10.1 Å². The predicted molar refractivity (Wildman–Crippen MR) is 109 cm³/mol. The number of pyridine rings is 1. The van der Waals surface area contributed by atoms with E-state index in [2.05, 4.69) is 29.4 Å². The van der Waals surface area contributed by atoms with E-state index >= 15 is 0 Å². The maximum absolute atomic E-state index is 12.5. The Bertz CT molecular complexity index is 896. The van der Waals surface area contributed by atoms with Crippen LogP contribution in [0.5, 0.6) is 5.75 Å². The lowest BCUT2D eigenvalue weighted by Crippen LogP contribution is -2.22. The van der Waals surface area contributed by atoms with E-state index in [1.807, 2.05) is 38.1 Å². The number of amides is 1. The van der Waals surface area contributed by atoms with Crippen LogP contribution in [0.2, 0.25) is 0 Å². The standard InChI is InChI=1S/C22H24N2O2S/c1-4-19-7-8-20(27-19)13-24-22(25)18-10-15(2)21(16(3)11-18)26-14-17-6-5-9-23-12-17/h5-12H,4,13-14H2,1-3H3,(H,24,25). The number of hydrogen-bond acceptors (Lipinski definition) is 4. The summed E-state index contributed by atoms with van der Waals surface area (Å²) < 4.78 is 5.96. The molecule has 0 aliphatic heterocycles. The van der Waals surface area contributed by atoms with Crippen LogP contribution in [-0.4, -0.2) is 10.9 Å². The number of hydrogen-bond donors (Lipinski definition) is 1. The number of nitrogens with zero attached hydrogens (tertiary/aromatic N) is 1. The molecule has 2 heterocycles. The Labute approximate surface area is 164 Å². The normalized spacial score (nSPS) is 10.6. The van der Waals surface area contributed by atoms with Crippen molar-refractivity contribution in [2.45, 2.75) is 40.3 Å². The van der Waals surface area contributed by atoms with Crippen molar-refractivity contribution in [2.75, 3.05) is 0 Å². The highest BCUT2D eigenvalue weighted by atomic mass is 32.1. The Hall–Kier alpha value is -2.66. The van der Waals surface area contributed by atoms with E-state index in [1.54, 1.807) is 23.7 Å². The SMILES string of the molecule is CCc1ccc(CNC(=O)c2cc(C)c(OCc3cccnc3)c(C)c2)s1. The maximum atomic E-state index is 12.5. The first kappa shape index (κ1) is 19.1. The Balaban J connectivity index is 1.65. The highest BCUT2D eigenvalue weighted by Gasteiger charge is 2.12. The van der Waals surface area contributed by atoms with Gasteiger partial charge >= 0.3 is 0 Å². The van der Waals surface area contributed by atoms with E-state index in [0.29, 0.717) is 18.7 Å². The van der Waals surface area contributed by atoms with Gasteiger partial charge in [0.1, 0.15) is 12.4 Å². The third-order valence-electron chi connectivity index (χ3n) is 4.32. The molecule has 0 unspecified atom stereocenters. The molecule has 5 heteroatoms. The van der Waals surface area contributed by atoms with Crippen molar-refractivity contribution in [1.29, 1.82) is 0 Å². The molecule has 3 rings (SSSR count). The first-order valence-corrected chi connectivity index (χ1v) is 9.87. The second-order valence-electron chi connectivity index (χ2n) is 6.49. The molecule has 0 aliphatic rings. The van der Waals surface area contributed by atoms with Gasteiger partial charge in [0, 0.05) is 33.3 Å². The maximum Gasteiger partial charge on any atom is 0.251 e.